The topological polar surface area (TPSA) is 66.5 Å². The Bertz CT molecular complexity index is 783. The Morgan fingerprint density at radius 3 is 2.43 bits per heavy atom. The van der Waals surface area contributed by atoms with Crippen molar-refractivity contribution in [2.45, 2.75) is 17.2 Å². The van der Waals surface area contributed by atoms with E-state index in [2.05, 4.69) is 21.2 Å². The minimum absolute atomic E-state index is 0.0993. The van der Waals surface area contributed by atoms with Crippen LogP contribution in [0.25, 0.3) is 0 Å². The van der Waals surface area contributed by atoms with Crippen molar-refractivity contribution in [3.8, 4) is 0 Å². The molecule has 0 bridgehead atoms. The molecule has 2 aromatic rings. The van der Waals surface area contributed by atoms with Gasteiger partial charge in [0.25, 0.3) is 10.0 Å². The fourth-order valence-corrected chi connectivity index (χ4v) is 4.54. The third-order valence-corrected chi connectivity index (χ3v) is 7.01. The molecule has 1 heterocycles. The van der Waals surface area contributed by atoms with Gasteiger partial charge in [0, 0.05) is 23.4 Å². The summed E-state index contributed by atoms with van der Waals surface area (Å²) in [4.78, 5) is 12.7. The normalized spacial score (nSPS) is 11.7. The first kappa shape index (κ1) is 18.1. The monoisotopic (exact) mass is 416 g/mol. The van der Waals surface area contributed by atoms with Crippen LogP contribution in [0.1, 0.15) is 10.4 Å². The summed E-state index contributed by atoms with van der Waals surface area (Å²) >= 11 is 4.52. The second kappa shape index (κ2) is 7.57. The molecular formula is C15H17BrN2O3S2. The van der Waals surface area contributed by atoms with Gasteiger partial charge in [0.15, 0.2) is 0 Å². The largest absolute Gasteiger partial charge is 0.351 e. The van der Waals surface area contributed by atoms with E-state index < -0.39 is 10.0 Å². The Morgan fingerprint density at radius 2 is 1.83 bits per heavy atom. The van der Waals surface area contributed by atoms with Gasteiger partial charge < -0.3 is 5.32 Å². The molecule has 1 aromatic heterocycles. The molecule has 1 amide bonds. The van der Waals surface area contributed by atoms with Gasteiger partial charge in [0.1, 0.15) is 4.21 Å². The molecule has 23 heavy (non-hydrogen) atoms. The van der Waals surface area contributed by atoms with Crippen LogP contribution in [0.4, 0.5) is 0 Å². The molecule has 0 fully saturated rings. The smallest absolute Gasteiger partial charge is 0.252 e. The zero-order valence-corrected chi connectivity index (χ0v) is 16.0. The Labute approximate surface area is 148 Å². The molecule has 1 N–H and O–H groups in total. The van der Waals surface area contributed by atoms with Crippen LogP contribution >= 0.6 is 27.3 Å². The van der Waals surface area contributed by atoms with Crippen LogP contribution in [0.15, 0.2) is 45.1 Å². The van der Waals surface area contributed by atoms with Crippen molar-refractivity contribution >= 4 is 43.2 Å². The number of thiophene rings is 1. The van der Waals surface area contributed by atoms with E-state index in [0.29, 0.717) is 13.0 Å². The quantitative estimate of drug-likeness (QED) is 0.786. The summed E-state index contributed by atoms with van der Waals surface area (Å²) in [5, 5.41) is 2.81. The van der Waals surface area contributed by atoms with E-state index in [9.17, 15) is 13.2 Å². The van der Waals surface area contributed by atoms with Crippen molar-refractivity contribution in [1.82, 2.24) is 9.62 Å². The number of hydrogen-bond donors (Lipinski definition) is 1. The Morgan fingerprint density at radius 1 is 1.17 bits per heavy atom. The van der Waals surface area contributed by atoms with E-state index in [1.807, 2.05) is 24.3 Å². The maximum atomic E-state index is 12.0. The maximum Gasteiger partial charge on any atom is 0.252 e. The van der Waals surface area contributed by atoms with Crippen LogP contribution in [-0.4, -0.2) is 32.7 Å². The third-order valence-electron chi connectivity index (χ3n) is 3.11. The number of amides is 1. The fourth-order valence-electron chi connectivity index (χ4n) is 1.81. The number of carbonyl (C=O) groups excluding carboxylic acids is 1. The average molecular weight is 417 g/mol. The first-order valence-electron chi connectivity index (χ1n) is 6.81. The summed E-state index contributed by atoms with van der Waals surface area (Å²) in [5.74, 6) is -0.0993. The molecule has 0 unspecified atom stereocenters. The molecule has 0 saturated carbocycles. The van der Waals surface area contributed by atoms with Gasteiger partial charge in [-0.1, -0.05) is 28.1 Å². The third kappa shape index (κ3) is 4.87. The van der Waals surface area contributed by atoms with Gasteiger partial charge in [0.05, 0.1) is 13.0 Å². The van der Waals surface area contributed by atoms with Gasteiger partial charge in [-0.2, -0.15) is 0 Å². The molecule has 8 heteroatoms. The van der Waals surface area contributed by atoms with Crippen LogP contribution in [0.3, 0.4) is 0 Å². The van der Waals surface area contributed by atoms with Gasteiger partial charge in [-0.05, 0) is 29.8 Å². The number of hydrogen-bond acceptors (Lipinski definition) is 4. The van der Waals surface area contributed by atoms with Crippen LogP contribution in [-0.2, 0) is 27.8 Å². The van der Waals surface area contributed by atoms with Gasteiger partial charge in [0.2, 0.25) is 5.91 Å². The minimum Gasteiger partial charge on any atom is -0.351 e. The number of nitrogens with zero attached hydrogens (tertiary/aromatic N) is 1. The van der Waals surface area contributed by atoms with Crippen LogP contribution in [0.2, 0.25) is 0 Å². The fraction of sp³-hybridized carbons (Fsp3) is 0.267. The molecule has 5 nitrogen and oxygen atoms in total. The number of benzene rings is 1. The summed E-state index contributed by atoms with van der Waals surface area (Å²) in [6.07, 6.45) is 0.293. The van der Waals surface area contributed by atoms with Crippen molar-refractivity contribution < 1.29 is 13.2 Å². The molecule has 1 aromatic carbocycles. The van der Waals surface area contributed by atoms with Crippen molar-refractivity contribution in [3.05, 3.63) is 51.3 Å². The molecule has 124 valence electrons. The molecule has 0 aliphatic carbocycles. The van der Waals surface area contributed by atoms with E-state index in [-0.39, 0.29) is 10.1 Å². The molecule has 0 atom stereocenters. The molecule has 0 aliphatic rings. The summed E-state index contributed by atoms with van der Waals surface area (Å²) in [5.41, 5.74) is 0.924. The van der Waals surface area contributed by atoms with Gasteiger partial charge in [-0.25, -0.2) is 12.7 Å². The number of halogens is 1. The standard InChI is InChI=1S/C15H17BrN2O3S2/c1-18(2)23(20,21)15-8-7-13(22-15)10-17-14(19)9-11-3-5-12(16)6-4-11/h3-8H,9-10H2,1-2H3,(H,17,19). The van der Waals surface area contributed by atoms with Crippen molar-refractivity contribution in [3.63, 3.8) is 0 Å². The summed E-state index contributed by atoms with van der Waals surface area (Å²) in [7, 11) is -0.423. The molecule has 0 aliphatic heterocycles. The summed E-state index contributed by atoms with van der Waals surface area (Å²) in [6, 6.07) is 10.8. The zero-order chi connectivity index (χ0) is 17.0. The highest BCUT2D eigenvalue weighted by Gasteiger charge is 2.19. The lowest BCUT2D eigenvalue weighted by Crippen LogP contribution is -2.24. The second-order valence-electron chi connectivity index (χ2n) is 5.09. The van der Waals surface area contributed by atoms with E-state index in [1.54, 1.807) is 12.1 Å². The molecule has 0 spiro atoms. The second-order valence-corrected chi connectivity index (χ2v) is 9.55. The summed E-state index contributed by atoms with van der Waals surface area (Å²) in [6.45, 7) is 0.322. The van der Waals surface area contributed by atoms with E-state index in [0.717, 1.165) is 14.9 Å². The first-order chi connectivity index (χ1) is 10.8. The van der Waals surface area contributed by atoms with Gasteiger partial charge in [-0.3, -0.25) is 4.79 Å². The maximum absolute atomic E-state index is 12.0. The highest BCUT2D eigenvalue weighted by atomic mass is 79.9. The predicted molar refractivity (Wildman–Crippen MR) is 94.9 cm³/mol. The van der Waals surface area contributed by atoms with Crippen LogP contribution < -0.4 is 5.32 Å². The highest BCUT2D eigenvalue weighted by Crippen LogP contribution is 2.23. The van der Waals surface area contributed by atoms with Crippen LogP contribution in [0, 0.1) is 0 Å². The lowest BCUT2D eigenvalue weighted by molar-refractivity contribution is -0.120. The lowest BCUT2D eigenvalue weighted by atomic mass is 10.1. The molecule has 0 radical (unpaired) electrons. The molecule has 0 saturated heterocycles. The number of rotatable bonds is 6. The minimum atomic E-state index is -3.41. The number of sulfonamides is 1. The molecule has 2 rings (SSSR count). The van der Waals surface area contributed by atoms with Crippen molar-refractivity contribution in [2.24, 2.45) is 0 Å². The van der Waals surface area contributed by atoms with E-state index in [1.165, 1.54) is 29.7 Å². The highest BCUT2D eigenvalue weighted by molar-refractivity contribution is 9.10. The van der Waals surface area contributed by atoms with Gasteiger partial charge in [-0.15, -0.1) is 11.3 Å². The lowest BCUT2D eigenvalue weighted by Gasteiger charge is -2.08. The van der Waals surface area contributed by atoms with Crippen LogP contribution in [0.5, 0.6) is 0 Å². The number of nitrogens with one attached hydrogen (secondary N) is 1. The Balaban J connectivity index is 1.92. The molecular weight excluding hydrogens is 400 g/mol. The predicted octanol–water partition coefficient (Wildman–Crippen LogP) is 2.62. The van der Waals surface area contributed by atoms with Gasteiger partial charge >= 0.3 is 0 Å². The Hall–Kier alpha value is -1.22. The van der Waals surface area contributed by atoms with E-state index >= 15 is 0 Å². The first-order valence-corrected chi connectivity index (χ1v) is 9.86. The summed E-state index contributed by atoms with van der Waals surface area (Å²) < 4.78 is 26.4. The SMILES string of the molecule is CN(C)S(=O)(=O)c1ccc(CNC(=O)Cc2ccc(Br)cc2)s1. The Kier molecular flexibility index (Phi) is 5.96. The van der Waals surface area contributed by atoms with E-state index in [4.69, 9.17) is 0 Å². The zero-order valence-electron chi connectivity index (χ0n) is 12.7. The van der Waals surface area contributed by atoms with Crippen molar-refractivity contribution in [2.75, 3.05) is 14.1 Å². The number of carbonyl (C=O) groups is 1. The van der Waals surface area contributed by atoms with Crippen molar-refractivity contribution in [1.29, 1.82) is 0 Å². The average Bonchev–Trinajstić information content (AvgIpc) is 2.97.